The van der Waals surface area contributed by atoms with Crippen LogP contribution in [0.4, 0.5) is 24.5 Å². The van der Waals surface area contributed by atoms with E-state index in [0.717, 1.165) is 36.3 Å². The number of alkyl halides is 3. The molecule has 4 aliphatic rings. The number of nitrogens with one attached hydrogen (secondary N) is 2. The van der Waals surface area contributed by atoms with Gasteiger partial charge in [-0.2, -0.15) is 13.2 Å². The molecule has 12 heteroatoms. The topological polar surface area (TPSA) is 93.5 Å². The molecule has 7 rings (SSSR count). The highest BCUT2D eigenvalue weighted by atomic mass is 19.4. The van der Waals surface area contributed by atoms with Gasteiger partial charge in [-0.05, 0) is 86.1 Å². The number of halogens is 3. The Kier molecular flexibility index (Phi) is 7.02. The standard InChI is InChI=1S/C32H37F3N6O3/c1-30(5-4-6-30)36-14-19-7-25-26(27(8-19)32(33,34)35)15-41(28(25)42)23-10-20(9-21(11-23)38-22-16-44-17-22)31(12-24(13-31)43-3)29-39-37-18-40(29)2/h7-11,18,22,24,36,38H,4-6,12-17H2,1-3H3. The molecule has 0 radical (unpaired) electrons. The summed E-state index contributed by atoms with van der Waals surface area (Å²) < 4.78 is 56.2. The second-order valence-corrected chi connectivity index (χ2v) is 13.1. The Bertz CT molecular complexity index is 1590. The molecule has 2 aliphatic heterocycles. The van der Waals surface area contributed by atoms with E-state index in [1.54, 1.807) is 19.5 Å². The van der Waals surface area contributed by atoms with Gasteiger partial charge in [0.2, 0.25) is 0 Å². The Morgan fingerprint density at radius 2 is 1.91 bits per heavy atom. The van der Waals surface area contributed by atoms with Gasteiger partial charge in [-0.25, -0.2) is 0 Å². The maximum atomic E-state index is 14.4. The Morgan fingerprint density at radius 3 is 2.50 bits per heavy atom. The van der Waals surface area contributed by atoms with Crippen LogP contribution in [0.1, 0.15) is 77.5 Å². The number of fused-ring (bicyclic) bond motifs is 1. The third-order valence-electron chi connectivity index (χ3n) is 10.00. The van der Waals surface area contributed by atoms with Gasteiger partial charge in [-0.1, -0.05) is 0 Å². The molecule has 2 aromatic carbocycles. The van der Waals surface area contributed by atoms with Crippen LogP contribution in [0.15, 0.2) is 36.7 Å². The van der Waals surface area contributed by atoms with Crippen molar-refractivity contribution < 1.29 is 27.4 Å². The van der Waals surface area contributed by atoms with Gasteiger partial charge in [-0.3, -0.25) is 4.79 Å². The lowest BCUT2D eigenvalue weighted by atomic mass is 9.61. The number of hydrogen-bond acceptors (Lipinski definition) is 7. The summed E-state index contributed by atoms with van der Waals surface area (Å²) in [5.74, 6) is 0.335. The first-order valence-corrected chi connectivity index (χ1v) is 15.1. The number of carbonyl (C=O) groups is 1. The van der Waals surface area contributed by atoms with Crippen molar-refractivity contribution in [2.75, 3.05) is 30.5 Å². The van der Waals surface area contributed by atoms with Gasteiger partial charge in [-0.15, -0.1) is 10.2 Å². The number of amides is 1. The maximum absolute atomic E-state index is 14.4. The van der Waals surface area contributed by atoms with Crippen LogP contribution < -0.4 is 15.5 Å². The third kappa shape index (κ3) is 4.96. The highest BCUT2D eigenvalue weighted by molar-refractivity contribution is 6.10. The lowest BCUT2D eigenvalue weighted by Gasteiger charge is -2.46. The van der Waals surface area contributed by atoms with Crippen LogP contribution in [0.2, 0.25) is 0 Å². The Labute approximate surface area is 254 Å². The fraction of sp³-hybridized carbons (Fsp3) is 0.531. The number of methoxy groups -OCH3 is 1. The summed E-state index contributed by atoms with van der Waals surface area (Å²) in [5.41, 5.74) is 1.42. The second-order valence-electron chi connectivity index (χ2n) is 13.1. The molecule has 0 atom stereocenters. The average molecular weight is 611 g/mol. The number of anilines is 2. The number of ether oxygens (including phenoxy) is 2. The molecule has 2 aliphatic carbocycles. The van der Waals surface area contributed by atoms with Gasteiger partial charge in [0.05, 0.1) is 42.9 Å². The Balaban J connectivity index is 1.28. The smallest absolute Gasteiger partial charge is 0.381 e. The quantitative estimate of drug-likeness (QED) is 0.355. The predicted octanol–water partition coefficient (Wildman–Crippen LogP) is 4.93. The van der Waals surface area contributed by atoms with Crippen LogP contribution in [-0.4, -0.2) is 58.7 Å². The highest BCUT2D eigenvalue weighted by Gasteiger charge is 2.51. The summed E-state index contributed by atoms with van der Waals surface area (Å²) in [6.45, 7) is 3.30. The van der Waals surface area contributed by atoms with Crippen molar-refractivity contribution >= 4 is 17.3 Å². The van der Waals surface area contributed by atoms with E-state index in [4.69, 9.17) is 9.47 Å². The predicted molar refractivity (Wildman–Crippen MR) is 158 cm³/mol. The molecule has 3 fully saturated rings. The Morgan fingerprint density at radius 1 is 1.14 bits per heavy atom. The minimum atomic E-state index is -4.59. The molecule has 3 aromatic rings. The SMILES string of the molecule is COC1CC(c2cc(NC3COC3)cc(N3Cc4c(cc(CNC5(C)CCC5)cc4C(F)(F)F)C3=O)c2)(c2nncn2C)C1. The zero-order valence-corrected chi connectivity index (χ0v) is 25.1. The molecular formula is C32H37F3N6O3. The molecular weight excluding hydrogens is 573 g/mol. The first-order valence-electron chi connectivity index (χ1n) is 15.1. The molecule has 1 aromatic heterocycles. The van der Waals surface area contributed by atoms with Gasteiger partial charge >= 0.3 is 6.18 Å². The molecule has 0 unspecified atom stereocenters. The number of carbonyl (C=O) groups excluding carboxylic acids is 1. The summed E-state index contributed by atoms with van der Waals surface area (Å²) in [4.78, 5) is 15.4. The summed E-state index contributed by atoms with van der Waals surface area (Å²) >= 11 is 0. The van der Waals surface area contributed by atoms with Crippen LogP contribution in [0.3, 0.4) is 0 Å². The van der Waals surface area contributed by atoms with Crippen LogP contribution in [0, 0.1) is 0 Å². The zero-order chi connectivity index (χ0) is 30.9. The van der Waals surface area contributed by atoms with Crippen molar-refractivity contribution in [3.8, 4) is 0 Å². The van der Waals surface area contributed by atoms with Crippen molar-refractivity contribution in [1.82, 2.24) is 20.1 Å². The van der Waals surface area contributed by atoms with Gasteiger partial charge in [0.25, 0.3) is 5.91 Å². The van der Waals surface area contributed by atoms with Crippen molar-refractivity contribution in [3.63, 3.8) is 0 Å². The first kappa shape index (κ1) is 29.2. The molecule has 0 bridgehead atoms. The monoisotopic (exact) mass is 610 g/mol. The van der Waals surface area contributed by atoms with E-state index in [9.17, 15) is 18.0 Å². The molecule has 2 N–H and O–H groups in total. The number of benzene rings is 2. The van der Waals surface area contributed by atoms with Gasteiger partial charge in [0.1, 0.15) is 12.2 Å². The molecule has 2 saturated carbocycles. The highest BCUT2D eigenvalue weighted by Crippen LogP contribution is 2.51. The third-order valence-corrected chi connectivity index (χ3v) is 10.00. The van der Waals surface area contributed by atoms with Gasteiger partial charge in [0.15, 0.2) is 0 Å². The van der Waals surface area contributed by atoms with E-state index in [0.29, 0.717) is 37.3 Å². The maximum Gasteiger partial charge on any atom is 0.416 e. The van der Waals surface area contributed by atoms with E-state index >= 15 is 0 Å². The van der Waals surface area contributed by atoms with Crippen molar-refractivity contribution in [2.24, 2.45) is 7.05 Å². The largest absolute Gasteiger partial charge is 0.416 e. The van der Waals surface area contributed by atoms with Crippen LogP contribution in [-0.2, 0) is 41.2 Å². The fourth-order valence-corrected chi connectivity index (χ4v) is 7.06. The van der Waals surface area contributed by atoms with Crippen molar-refractivity contribution in [2.45, 2.75) is 81.4 Å². The summed E-state index contributed by atoms with van der Waals surface area (Å²) in [6, 6.07) is 8.74. The van der Waals surface area contributed by atoms with Gasteiger partial charge in [0, 0.05) is 43.2 Å². The lowest BCUT2D eigenvalue weighted by molar-refractivity contribution is -0.138. The minimum absolute atomic E-state index is 0.0134. The van der Waals surface area contributed by atoms with Crippen LogP contribution >= 0.6 is 0 Å². The zero-order valence-electron chi connectivity index (χ0n) is 25.1. The van der Waals surface area contributed by atoms with E-state index in [1.807, 2.05) is 29.8 Å². The summed E-state index contributed by atoms with van der Waals surface area (Å²) in [5, 5.41) is 15.5. The first-order chi connectivity index (χ1) is 21.0. The van der Waals surface area contributed by atoms with Crippen LogP contribution in [0.5, 0.6) is 0 Å². The number of hydrogen-bond donors (Lipinski definition) is 2. The van der Waals surface area contributed by atoms with Crippen molar-refractivity contribution in [3.05, 3.63) is 70.3 Å². The van der Waals surface area contributed by atoms with E-state index in [1.165, 1.54) is 11.0 Å². The number of aryl methyl sites for hydroxylation is 1. The Hall–Kier alpha value is -3.48. The molecule has 234 valence electrons. The second kappa shape index (κ2) is 10.6. The molecule has 44 heavy (non-hydrogen) atoms. The number of nitrogens with zero attached hydrogens (tertiary/aromatic N) is 4. The summed E-state index contributed by atoms with van der Waals surface area (Å²) in [7, 11) is 3.57. The van der Waals surface area contributed by atoms with E-state index < -0.39 is 23.1 Å². The number of aromatic nitrogens is 3. The normalized spacial score (nSPS) is 24.5. The van der Waals surface area contributed by atoms with Gasteiger partial charge < -0.3 is 29.6 Å². The summed E-state index contributed by atoms with van der Waals surface area (Å²) in [6.07, 6.45) is 1.47. The molecule has 3 heterocycles. The fourth-order valence-electron chi connectivity index (χ4n) is 7.06. The molecule has 9 nitrogen and oxygen atoms in total. The number of rotatable bonds is 9. The van der Waals surface area contributed by atoms with Crippen molar-refractivity contribution in [1.29, 1.82) is 0 Å². The molecule has 1 saturated heterocycles. The average Bonchev–Trinajstić information content (AvgIpc) is 3.50. The minimum Gasteiger partial charge on any atom is -0.381 e. The molecule has 0 spiro atoms. The van der Waals surface area contributed by atoms with E-state index in [2.05, 4.69) is 27.8 Å². The molecule has 1 amide bonds. The van der Waals surface area contributed by atoms with E-state index in [-0.39, 0.29) is 41.9 Å². The van der Waals surface area contributed by atoms with Crippen LogP contribution in [0.25, 0.3) is 0 Å². The lowest BCUT2D eigenvalue weighted by Crippen LogP contribution is -2.48.